The zero-order valence-electron chi connectivity index (χ0n) is 11.3. The summed E-state index contributed by atoms with van der Waals surface area (Å²) in [7, 11) is -3.34. The lowest BCUT2D eigenvalue weighted by atomic mass is 10.0. The van der Waals surface area contributed by atoms with Crippen molar-refractivity contribution in [2.24, 2.45) is 5.92 Å². The van der Waals surface area contributed by atoms with E-state index in [9.17, 15) is 8.42 Å². The molecule has 0 unspecified atom stereocenters. The molecule has 2 aliphatic heterocycles. The lowest BCUT2D eigenvalue weighted by Crippen LogP contribution is -2.50. The van der Waals surface area contributed by atoms with Gasteiger partial charge in [0.15, 0.2) is 0 Å². The van der Waals surface area contributed by atoms with Crippen molar-refractivity contribution in [3.63, 3.8) is 0 Å². The van der Waals surface area contributed by atoms with Crippen molar-refractivity contribution >= 4 is 10.2 Å². The third kappa shape index (κ3) is 3.44. The molecule has 106 valence electrons. The first-order chi connectivity index (χ1) is 8.49. The van der Waals surface area contributed by atoms with Gasteiger partial charge in [-0.15, -0.1) is 0 Å². The Bertz CT molecular complexity index is 358. The van der Waals surface area contributed by atoms with Crippen molar-refractivity contribution in [3.05, 3.63) is 0 Å². The van der Waals surface area contributed by atoms with E-state index in [4.69, 9.17) is 4.74 Å². The third-order valence-corrected chi connectivity index (χ3v) is 5.65. The maximum absolute atomic E-state index is 12.2. The number of nitrogens with zero attached hydrogens (tertiary/aromatic N) is 1. The normalized spacial score (nSPS) is 29.6. The van der Waals surface area contributed by atoms with Gasteiger partial charge in [-0.05, 0) is 38.5 Å². The van der Waals surface area contributed by atoms with Crippen molar-refractivity contribution in [1.82, 2.24) is 9.03 Å². The van der Waals surface area contributed by atoms with Crippen LogP contribution in [0.1, 0.15) is 39.5 Å². The summed E-state index contributed by atoms with van der Waals surface area (Å²) in [5.41, 5.74) is 0. The molecule has 6 heteroatoms. The minimum absolute atomic E-state index is 0.0310. The number of piperidine rings is 1. The van der Waals surface area contributed by atoms with Gasteiger partial charge in [-0.1, -0.05) is 6.92 Å². The highest BCUT2D eigenvalue weighted by molar-refractivity contribution is 7.87. The molecular formula is C12H24N2O3S. The summed E-state index contributed by atoms with van der Waals surface area (Å²) < 4.78 is 34.3. The molecule has 2 saturated heterocycles. The largest absolute Gasteiger partial charge is 0.377 e. The SMILES string of the molecule is CC1CCN(S(=O)(=O)N[C@@H](C)[C@H]2CCCO2)CC1. The third-order valence-electron chi connectivity index (χ3n) is 3.94. The van der Waals surface area contributed by atoms with Crippen LogP contribution in [0.25, 0.3) is 0 Å². The molecule has 0 saturated carbocycles. The van der Waals surface area contributed by atoms with Crippen LogP contribution in [0, 0.1) is 5.92 Å². The molecule has 0 aromatic heterocycles. The van der Waals surface area contributed by atoms with Crippen molar-refractivity contribution < 1.29 is 13.2 Å². The highest BCUT2D eigenvalue weighted by atomic mass is 32.2. The van der Waals surface area contributed by atoms with Crippen LogP contribution < -0.4 is 4.72 Å². The van der Waals surface area contributed by atoms with Crippen LogP contribution in [-0.2, 0) is 14.9 Å². The molecular weight excluding hydrogens is 252 g/mol. The monoisotopic (exact) mass is 276 g/mol. The van der Waals surface area contributed by atoms with Crippen LogP contribution in [0.4, 0.5) is 0 Å². The van der Waals surface area contributed by atoms with E-state index in [1.54, 1.807) is 4.31 Å². The molecule has 2 rings (SSSR count). The maximum atomic E-state index is 12.2. The van der Waals surface area contributed by atoms with E-state index in [1.807, 2.05) is 6.92 Å². The summed E-state index contributed by atoms with van der Waals surface area (Å²) in [4.78, 5) is 0. The second kappa shape index (κ2) is 5.86. The van der Waals surface area contributed by atoms with Crippen LogP contribution in [0.15, 0.2) is 0 Å². The van der Waals surface area contributed by atoms with Crippen LogP contribution in [0.5, 0.6) is 0 Å². The highest BCUT2D eigenvalue weighted by Gasteiger charge is 2.31. The van der Waals surface area contributed by atoms with Gasteiger partial charge in [0.2, 0.25) is 0 Å². The first-order valence-corrected chi connectivity index (χ1v) is 8.32. The van der Waals surface area contributed by atoms with Crippen molar-refractivity contribution in [3.8, 4) is 0 Å². The van der Waals surface area contributed by atoms with E-state index in [-0.39, 0.29) is 12.1 Å². The fourth-order valence-corrected chi connectivity index (χ4v) is 4.07. The van der Waals surface area contributed by atoms with Gasteiger partial charge in [0, 0.05) is 25.7 Å². The Morgan fingerprint density at radius 2 is 1.94 bits per heavy atom. The summed E-state index contributed by atoms with van der Waals surface area (Å²) in [6.07, 6.45) is 3.91. The molecule has 0 radical (unpaired) electrons. The summed E-state index contributed by atoms with van der Waals surface area (Å²) in [6.45, 7) is 6.08. The molecule has 2 heterocycles. The second-order valence-corrected chi connectivity index (χ2v) is 7.25. The minimum Gasteiger partial charge on any atom is -0.377 e. The van der Waals surface area contributed by atoms with Crippen LogP contribution in [0.3, 0.4) is 0 Å². The lowest BCUT2D eigenvalue weighted by molar-refractivity contribution is 0.0894. The zero-order valence-corrected chi connectivity index (χ0v) is 12.1. The molecule has 18 heavy (non-hydrogen) atoms. The number of hydrogen-bond donors (Lipinski definition) is 1. The Morgan fingerprint density at radius 1 is 1.28 bits per heavy atom. The van der Waals surface area contributed by atoms with Gasteiger partial charge in [0.1, 0.15) is 0 Å². The quantitative estimate of drug-likeness (QED) is 0.837. The number of hydrogen-bond acceptors (Lipinski definition) is 3. The average Bonchev–Trinajstić information content (AvgIpc) is 2.82. The van der Waals surface area contributed by atoms with Crippen LogP contribution >= 0.6 is 0 Å². The number of nitrogens with one attached hydrogen (secondary N) is 1. The average molecular weight is 276 g/mol. The van der Waals surface area contributed by atoms with Crippen molar-refractivity contribution in [2.75, 3.05) is 19.7 Å². The fraction of sp³-hybridized carbons (Fsp3) is 1.00. The van der Waals surface area contributed by atoms with Crippen molar-refractivity contribution in [2.45, 2.75) is 51.7 Å². The van der Waals surface area contributed by atoms with Gasteiger partial charge < -0.3 is 4.74 Å². The molecule has 0 bridgehead atoms. The molecule has 2 fully saturated rings. The predicted octanol–water partition coefficient (Wildman–Crippen LogP) is 1.12. The first kappa shape index (κ1) is 14.2. The van der Waals surface area contributed by atoms with Gasteiger partial charge in [-0.25, -0.2) is 0 Å². The highest BCUT2D eigenvalue weighted by Crippen LogP contribution is 2.20. The Labute approximate surface area is 110 Å². The molecule has 0 aromatic rings. The van der Waals surface area contributed by atoms with Gasteiger partial charge in [-0.2, -0.15) is 17.4 Å². The van der Waals surface area contributed by atoms with E-state index in [1.165, 1.54) is 0 Å². The molecule has 0 spiro atoms. The minimum atomic E-state index is -3.34. The molecule has 0 amide bonds. The fourth-order valence-electron chi connectivity index (χ4n) is 2.61. The molecule has 0 aromatic carbocycles. The van der Waals surface area contributed by atoms with E-state index >= 15 is 0 Å². The van der Waals surface area contributed by atoms with E-state index in [0.29, 0.717) is 19.0 Å². The summed E-state index contributed by atoms with van der Waals surface area (Å²) in [5.74, 6) is 0.632. The molecule has 2 aliphatic rings. The Kier molecular flexibility index (Phi) is 4.64. The van der Waals surface area contributed by atoms with Gasteiger partial charge in [0.25, 0.3) is 10.2 Å². The number of ether oxygens (including phenoxy) is 1. The summed E-state index contributed by atoms with van der Waals surface area (Å²) in [5, 5.41) is 0. The molecule has 5 nitrogen and oxygen atoms in total. The molecule has 0 aliphatic carbocycles. The van der Waals surface area contributed by atoms with Gasteiger partial charge in [0.05, 0.1) is 6.10 Å². The topological polar surface area (TPSA) is 58.6 Å². The predicted molar refractivity (Wildman–Crippen MR) is 70.5 cm³/mol. The van der Waals surface area contributed by atoms with Gasteiger partial charge >= 0.3 is 0 Å². The summed E-state index contributed by atoms with van der Waals surface area (Å²) in [6, 6.07) is -0.142. The van der Waals surface area contributed by atoms with Crippen LogP contribution in [0.2, 0.25) is 0 Å². The Morgan fingerprint density at radius 3 is 2.50 bits per heavy atom. The van der Waals surface area contributed by atoms with Crippen molar-refractivity contribution in [1.29, 1.82) is 0 Å². The van der Waals surface area contributed by atoms with Crippen LogP contribution in [-0.4, -0.2) is 44.6 Å². The zero-order chi connectivity index (χ0) is 13.2. The Hall–Kier alpha value is -0.170. The summed E-state index contributed by atoms with van der Waals surface area (Å²) >= 11 is 0. The lowest BCUT2D eigenvalue weighted by Gasteiger charge is -2.31. The number of rotatable bonds is 4. The maximum Gasteiger partial charge on any atom is 0.279 e. The smallest absolute Gasteiger partial charge is 0.279 e. The second-order valence-electron chi connectivity index (χ2n) is 5.54. The molecule has 2 atom stereocenters. The van der Waals surface area contributed by atoms with E-state index in [0.717, 1.165) is 32.3 Å². The van der Waals surface area contributed by atoms with Gasteiger partial charge in [-0.3, -0.25) is 0 Å². The van der Waals surface area contributed by atoms with E-state index < -0.39 is 10.2 Å². The standard InChI is InChI=1S/C12H24N2O3S/c1-10-5-7-14(8-6-10)18(15,16)13-11(2)12-4-3-9-17-12/h10-13H,3-9H2,1-2H3/t11-,12+/m0/s1. The molecule has 1 N–H and O–H groups in total. The van der Waals surface area contributed by atoms with E-state index in [2.05, 4.69) is 11.6 Å². The first-order valence-electron chi connectivity index (χ1n) is 6.88. The Balaban J connectivity index is 1.90.